The molecular formula is C11H18. The van der Waals surface area contributed by atoms with Gasteiger partial charge in [-0.2, -0.15) is 0 Å². The first-order valence-corrected chi connectivity index (χ1v) is 4.14. The van der Waals surface area contributed by atoms with E-state index in [1.807, 2.05) is 6.92 Å². The Morgan fingerprint density at radius 1 is 1.18 bits per heavy atom. The molecule has 0 amide bonds. The Kier molecular flexibility index (Phi) is 5.54. The maximum Gasteiger partial charge on any atom is -0.00763 e. The van der Waals surface area contributed by atoms with Gasteiger partial charge in [0.15, 0.2) is 0 Å². The molecule has 0 bridgehead atoms. The van der Waals surface area contributed by atoms with Crippen LogP contribution in [0.1, 0.15) is 27.7 Å². The lowest BCUT2D eigenvalue weighted by atomic mass is 10.1. The molecule has 0 aromatic heterocycles. The first-order chi connectivity index (χ1) is 5.20. The number of rotatable bonds is 3. The second-order valence-electron chi connectivity index (χ2n) is 2.80. The van der Waals surface area contributed by atoms with Crippen molar-refractivity contribution < 1.29 is 0 Å². The van der Waals surface area contributed by atoms with Gasteiger partial charge in [0.05, 0.1) is 0 Å². The Bertz CT molecular complexity index is 170. The molecule has 0 spiro atoms. The lowest BCUT2D eigenvalue weighted by molar-refractivity contribution is 0.928. The highest BCUT2D eigenvalue weighted by atomic mass is 13.9. The summed E-state index contributed by atoms with van der Waals surface area (Å²) in [4.78, 5) is 0. The monoisotopic (exact) mass is 150 g/mol. The molecule has 11 heavy (non-hydrogen) atoms. The standard InChI is InChI=1S/C11H18/c1-5-7-10(3)9-11(4)8-6-2/h5-10H,1-4H3/b7-5-,8-6-,11-9-. The molecule has 0 rings (SSSR count). The van der Waals surface area contributed by atoms with Crippen LogP contribution >= 0.6 is 0 Å². The topological polar surface area (TPSA) is 0 Å². The van der Waals surface area contributed by atoms with Crippen LogP contribution in [0.3, 0.4) is 0 Å². The Morgan fingerprint density at radius 3 is 2.27 bits per heavy atom. The number of hydrogen-bond acceptors (Lipinski definition) is 0. The fraction of sp³-hybridized carbons (Fsp3) is 0.455. The molecule has 0 aromatic carbocycles. The molecule has 0 radical (unpaired) electrons. The van der Waals surface area contributed by atoms with Crippen molar-refractivity contribution in [2.24, 2.45) is 5.92 Å². The quantitative estimate of drug-likeness (QED) is 0.425. The number of allylic oxidation sites excluding steroid dienone is 6. The van der Waals surface area contributed by atoms with Crippen LogP contribution in [0.5, 0.6) is 0 Å². The van der Waals surface area contributed by atoms with Crippen molar-refractivity contribution in [3.05, 3.63) is 36.0 Å². The molecule has 0 nitrogen and oxygen atoms in total. The van der Waals surface area contributed by atoms with Crippen molar-refractivity contribution >= 4 is 0 Å². The molecule has 0 aliphatic heterocycles. The van der Waals surface area contributed by atoms with E-state index in [9.17, 15) is 0 Å². The molecule has 0 heteroatoms. The van der Waals surface area contributed by atoms with E-state index in [0.29, 0.717) is 5.92 Å². The van der Waals surface area contributed by atoms with Gasteiger partial charge in [0, 0.05) is 0 Å². The lowest BCUT2D eigenvalue weighted by Gasteiger charge is -1.98. The predicted molar refractivity (Wildman–Crippen MR) is 52.5 cm³/mol. The molecule has 1 unspecified atom stereocenters. The predicted octanol–water partition coefficient (Wildman–Crippen LogP) is 3.72. The Labute approximate surface area is 70.3 Å². The van der Waals surface area contributed by atoms with Crippen LogP contribution in [-0.4, -0.2) is 0 Å². The molecule has 62 valence electrons. The molecule has 1 atom stereocenters. The van der Waals surface area contributed by atoms with Crippen molar-refractivity contribution in [3.8, 4) is 0 Å². The van der Waals surface area contributed by atoms with Crippen LogP contribution < -0.4 is 0 Å². The van der Waals surface area contributed by atoms with Gasteiger partial charge in [0.25, 0.3) is 0 Å². The summed E-state index contributed by atoms with van der Waals surface area (Å²) in [5.41, 5.74) is 1.33. The SMILES string of the molecule is C/C=C\C(C)=C/C(C)/C=C\C. The van der Waals surface area contributed by atoms with Crippen molar-refractivity contribution in [2.75, 3.05) is 0 Å². The smallest absolute Gasteiger partial charge is 0.00763 e. The van der Waals surface area contributed by atoms with E-state index in [-0.39, 0.29) is 0 Å². The first-order valence-electron chi connectivity index (χ1n) is 4.14. The molecule has 0 fully saturated rings. The zero-order chi connectivity index (χ0) is 8.69. The van der Waals surface area contributed by atoms with Gasteiger partial charge in [-0.05, 0) is 26.7 Å². The summed E-state index contributed by atoms with van der Waals surface area (Å²) in [6, 6.07) is 0. The van der Waals surface area contributed by atoms with Crippen LogP contribution in [0.15, 0.2) is 36.0 Å². The summed E-state index contributed by atoms with van der Waals surface area (Å²) in [5, 5.41) is 0. The van der Waals surface area contributed by atoms with Crippen LogP contribution in [0.2, 0.25) is 0 Å². The zero-order valence-corrected chi connectivity index (χ0v) is 7.96. The maximum absolute atomic E-state index is 2.25. The second kappa shape index (κ2) is 5.96. The van der Waals surface area contributed by atoms with Gasteiger partial charge in [0.1, 0.15) is 0 Å². The van der Waals surface area contributed by atoms with E-state index in [1.54, 1.807) is 0 Å². The van der Waals surface area contributed by atoms with Gasteiger partial charge in [-0.25, -0.2) is 0 Å². The highest BCUT2D eigenvalue weighted by Gasteiger charge is 1.89. The average Bonchev–Trinajstić information content (AvgIpc) is 1.87. The molecule has 0 N–H and O–H groups in total. The molecule has 0 saturated carbocycles. The Hall–Kier alpha value is -0.780. The second-order valence-corrected chi connectivity index (χ2v) is 2.80. The minimum absolute atomic E-state index is 0.552. The van der Waals surface area contributed by atoms with Crippen LogP contribution in [-0.2, 0) is 0 Å². The lowest BCUT2D eigenvalue weighted by Crippen LogP contribution is -1.83. The van der Waals surface area contributed by atoms with Gasteiger partial charge in [-0.1, -0.05) is 42.9 Å². The molecule has 0 aliphatic carbocycles. The minimum Gasteiger partial charge on any atom is -0.0911 e. The van der Waals surface area contributed by atoms with Gasteiger partial charge < -0.3 is 0 Å². The summed E-state index contributed by atoms with van der Waals surface area (Å²) in [6.07, 6.45) is 10.7. The first kappa shape index (κ1) is 10.2. The van der Waals surface area contributed by atoms with E-state index in [4.69, 9.17) is 0 Å². The summed E-state index contributed by atoms with van der Waals surface area (Å²) in [5.74, 6) is 0.552. The Morgan fingerprint density at radius 2 is 1.82 bits per heavy atom. The average molecular weight is 150 g/mol. The third-order valence-electron chi connectivity index (χ3n) is 1.45. The largest absolute Gasteiger partial charge is 0.0911 e. The fourth-order valence-corrected chi connectivity index (χ4v) is 1.09. The van der Waals surface area contributed by atoms with Crippen molar-refractivity contribution in [1.82, 2.24) is 0 Å². The number of hydrogen-bond donors (Lipinski definition) is 0. The molecule has 0 heterocycles. The van der Waals surface area contributed by atoms with E-state index in [0.717, 1.165) is 0 Å². The van der Waals surface area contributed by atoms with E-state index in [2.05, 4.69) is 51.2 Å². The van der Waals surface area contributed by atoms with Crippen LogP contribution in [0.4, 0.5) is 0 Å². The minimum atomic E-state index is 0.552. The van der Waals surface area contributed by atoms with Crippen molar-refractivity contribution in [2.45, 2.75) is 27.7 Å². The van der Waals surface area contributed by atoms with Crippen molar-refractivity contribution in [1.29, 1.82) is 0 Å². The molecular weight excluding hydrogens is 132 g/mol. The van der Waals surface area contributed by atoms with E-state index >= 15 is 0 Å². The van der Waals surface area contributed by atoms with Gasteiger partial charge >= 0.3 is 0 Å². The van der Waals surface area contributed by atoms with Crippen LogP contribution in [0.25, 0.3) is 0 Å². The Balaban J connectivity index is 4.06. The highest BCUT2D eigenvalue weighted by Crippen LogP contribution is 2.05. The highest BCUT2D eigenvalue weighted by molar-refractivity contribution is 5.17. The fourth-order valence-electron chi connectivity index (χ4n) is 1.09. The molecule has 0 saturated heterocycles. The van der Waals surface area contributed by atoms with Gasteiger partial charge in [0.2, 0.25) is 0 Å². The maximum atomic E-state index is 2.25. The summed E-state index contributed by atoms with van der Waals surface area (Å²) < 4.78 is 0. The third-order valence-corrected chi connectivity index (χ3v) is 1.45. The zero-order valence-electron chi connectivity index (χ0n) is 7.96. The van der Waals surface area contributed by atoms with Gasteiger partial charge in [-0.3, -0.25) is 0 Å². The van der Waals surface area contributed by atoms with Gasteiger partial charge in [-0.15, -0.1) is 0 Å². The van der Waals surface area contributed by atoms with Crippen LogP contribution in [0, 0.1) is 5.92 Å². The van der Waals surface area contributed by atoms with Crippen molar-refractivity contribution in [3.63, 3.8) is 0 Å². The summed E-state index contributed by atoms with van der Waals surface area (Å²) in [6.45, 7) is 8.40. The van der Waals surface area contributed by atoms with E-state index in [1.165, 1.54) is 5.57 Å². The summed E-state index contributed by atoms with van der Waals surface area (Å²) >= 11 is 0. The third kappa shape index (κ3) is 5.65. The van der Waals surface area contributed by atoms with E-state index < -0.39 is 0 Å². The summed E-state index contributed by atoms with van der Waals surface area (Å²) in [7, 11) is 0. The normalized spacial score (nSPS) is 16.5. The molecule has 0 aliphatic rings. The molecule has 0 aromatic rings.